The van der Waals surface area contributed by atoms with Crippen LogP contribution < -0.4 is 5.73 Å². The van der Waals surface area contributed by atoms with Crippen molar-refractivity contribution in [3.05, 3.63) is 35.1 Å². The average Bonchev–Trinajstić information content (AvgIpc) is 2.38. The maximum atomic E-state index is 13.8. The zero-order chi connectivity index (χ0) is 14.0. The molecule has 1 fully saturated rings. The molecule has 0 saturated carbocycles. The summed E-state index contributed by atoms with van der Waals surface area (Å²) in [5, 5.41) is 0. The number of nitrogens with zero attached hydrogens (tertiary/aromatic N) is 1. The molecule has 1 aliphatic heterocycles. The average molecular weight is 264 g/mol. The Hall–Kier alpha value is -1.91. The predicted molar refractivity (Wildman–Crippen MR) is 69.0 cm³/mol. The molecule has 1 heterocycles. The Bertz CT molecular complexity index is 516. The van der Waals surface area contributed by atoms with Crippen molar-refractivity contribution >= 4 is 11.8 Å². The SMILES string of the molecule is Cc1ccc(C(=O)N2CCCC(C(N)=O)C2)c(F)c1. The van der Waals surface area contributed by atoms with E-state index in [1.54, 1.807) is 13.0 Å². The fourth-order valence-corrected chi connectivity index (χ4v) is 2.36. The molecular weight excluding hydrogens is 247 g/mol. The van der Waals surface area contributed by atoms with Crippen molar-refractivity contribution in [1.82, 2.24) is 4.90 Å². The smallest absolute Gasteiger partial charge is 0.256 e. The number of hydrogen-bond donors (Lipinski definition) is 1. The van der Waals surface area contributed by atoms with Crippen LogP contribution in [0, 0.1) is 18.7 Å². The maximum Gasteiger partial charge on any atom is 0.256 e. The summed E-state index contributed by atoms with van der Waals surface area (Å²) in [5.41, 5.74) is 6.09. The lowest BCUT2D eigenvalue weighted by Crippen LogP contribution is -2.44. The Morgan fingerprint density at radius 2 is 2.16 bits per heavy atom. The van der Waals surface area contributed by atoms with Crippen LogP contribution in [0.3, 0.4) is 0 Å². The summed E-state index contributed by atoms with van der Waals surface area (Å²) >= 11 is 0. The van der Waals surface area contributed by atoms with Crippen molar-refractivity contribution in [3.63, 3.8) is 0 Å². The van der Waals surface area contributed by atoms with Crippen LogP contribution in [0.5, 0.6) is 0 Å². The molecular formula is C14H17FN2O2. The molecule has 0 radical (unpaired) electrons. The second-order valence-electron chi connectivity index (χ2n) is 4.98. The number of piperidine rings is 1. The minimum absolute atomic E-state index is 0.0516. The number of nitrogens with two attached hydrogens (primary N) is 1. The second-order valence-corrected chi connectivity index (χ2v) is 4.98. The van der Waals surface area contributed by atoms with Crippen molar-refractivity contribution in [2.45, 2.75) is 19.8 Å². The molecule has 2 amide bonds. The molecule has 4 nitrogen and oxygen atoms in total. The van der Waals surface area contributed by atoms with Crippen LogP contribution in [0.2, 0.25) is 0 Å². The van der Waals surface area contributed by atoms with E-state index in [0.29, 0.717) is 19.4 Å². The monoisotopic (exact) mass is 264 g/mol. The second kappa shape index (κ2) is 5.38. The highest BCUT2D eigenvalue weighted by atomic mass is 19.1. The van der Waals surface area contributed by atoms with Gasteiger partial charge in [-0.2, -0.15) is 0 Å². The zero-order valence-electron chi connectivity index (χ0n) is 10.9. The minimum atomic E-state index is -0.522. The third-order valence-electron chi connectivity index (χ3n) is 3.47. The van der Waals surface area contributed by atoms with Crippen molar-refractivity contribution in [3.8, 4) is 0 Å². The topological polar surface area (TPSA) is 63.4 Å². The quantitative estimate of drug-likeness (QED) is 0.879. The molecule has 1 unspecified atom stereocenters. The van der Waals surface area contributed by atoms with E-state index in [1.165, 1.54) is 17.0 Å². The lowest BCUT2D eigenvalue weighted by atomic mass is 9.96. The third-order valence-corrected chi connectivity index (χ3v) is 3.47. The van der Waals surface area contributed by atoms with E-state index in [2.05, 4.69) is 0 Å². The van der Waals surface area contributed by atoms with Crippen LogP contribution in [0.25, 0.3) is 0 Å². The van der Waals surface area contributed by atoms with Crippen LogP contribution in [0.1, 0.15) is 28.8 Å². The molecule has 0 bridgehead atoms. The Kier molecular flexibility index (Phi) is 3.83. The number of rotatable bonds is 2. The molecule has 1 aromatic rings. The molecule has 1 saturated heterocycles. The normalized spacial score (nSPS) is 19.3. The number of carbonyl (C=O) groups is 2. The zero-order valence-corrected chi connectivity index (χ0v) is 10.9. The molecule has 5 heteroatoms. The van der Waals surface area contributed by atoms with Crippen molar-refractivity contribution in [1.29, 1.82) is 0 Å². The van der Waals surface area contributed by atoms with Gasteiger partial charge in [0, 0.05) is 13.1 Å². The Morgan fingerprint density at radius 1 is 1.42 bits per heavy atom. The highest BCUT2D eigenvalue weighted by molar-refractivity contribution is 5.95. The minimum Gasteiger partial charge on any atom is -0.369 e. The summed E-state index contributed by atoms with van der Waals surface area (Å²) in [6.45, 7) is 2.58. The number of amides is 2. The molecule has 1 aromatic carbocycles. The van der Waals surface area contributed by atoms with Gasteiger partial charge < -0.3 is 10.6 Å². The van der Waals surface area contributed by atoms with Crippen LogP contribution in [0.15, 0.2) is 18.2 Å². The van der Waals surface area contributed by atoms with Gasteiger partial charge in [0.15, 0.2) is 0 Å². The van der Waals surface area contributed by atoms with E-state index in [9.17, 15) is 14.0 Å². The van der Waals surface area contributed by atoms with Gasteiger partial charge in [-0.3, -0.25) is 9.59 Å². The summed E-state index contributed by atoms with van der Waals surface area (Å²) in [6, 6.07) is 4.52. The van der Waals surface area contributed by atoms with Crippen molar-refractivity contribution in [2.24, 2.45) is 11.7 Å². The first kappa shape index (κ1) is 13.5. The Morgan fingerprint density at radius 3 is 2.79 bits per heavy atom. The van der Waals surface area contributed by atoms with Crippen LogP contribution in [-0.2, 0) is 4.79 Å². The number of aryl methyl sites for hydroxylation is 1. The van der Waals surface area contributed by atoms with E-state index in [0.717, 1.165) is 5.56 Å². The van der Waals surface area contributed by atoms with E-state index in [-0.39, 0.29) is 23.9 Å². The van der Waals surface area contributed by atoms with Crippen LogP contribution in [-0.4, -0.2) is 29.8 Å². The number of benzene rings is 1. The number of primary amides is 1. The first-order valence-corrected chi connectivity index (χ1v) is 6.34. The third kappa shape index (κ3) is 2.92. The van der Waals surface area contributed by atoms with Crippen LogP contribution >= 0.6 is 0 Å². The molecule has 2 rings (SSSR count). The first-order chi connectivity index (χ1) is 8.99. The lowest BCUT2D eigenvalue weighted by Gasteiger charge is -2.31. The van der Waals surface area contributed by atoms with Crippen molar-refractivity contribution in [2.75, 3.05) is 13.1 Å². The molecule has 2 N–H and O–H groups in total. The highest BCUT2D eigenvalue weighted by Crippen LogP contribution is 2.20. The number of hydrogen-bond acceptors (Lipinski definition) is 2. The number of likely N-dealkylation sites (tertiary alicyclic amines) is 1. The first-order valence-electron chi connectivity index (χ1n) is 6.34. The molecule has 102 valence electrons. The number of carbonyl (C=O) groups excluding carboxylic acids is 2. The fourth-order valence-electron chi connectivity index (χ4n) is 2.36. The Labute approximate surface area is 111 Å². The summed E-state index contributed by atoms with van der Waals surface area (Å²) in [6.07, 6.45) is 1.41. The molecule has 0 aliphatic carbocycles. The van der Waals surface area contributed by atoms with Crippen molar-refractivity contribution < 1.29 is 14.0 Å². The van der Waals surface area contributed by atoms with Gasteiger partial charge in [0.1, 0.15) is 5.82 Å². The maximum absolute atomic E-state index is 13.8. The molecule has 0 spiro atoms. The fraction of sp³-hybridized carbons (Fsp3) is 0.429. The standard InChI is InChI=1S/C14H17FN2O2/c1-9-4-5-11(12(15)7-9)14(19)17-6-2-3-10(8-17)13(16)18/h4-5,7,10H,2-3,6,8H2,1H3,(H2,16,18). The van der Waals surface area contributed by atoms with E-state index < -0.39 is 11.7 Å². The van der Waals surface area contributed by atoms with Gasteiger partial charge >= 0.3 is 0 Å². The van der Waals surface area contributed by atoms with Gasteiger partial charge in [-0.15, -0.1) is 0 Å². The summed E-state index contributed by atoms with van der Waals surface area (Å²) in [5.74, 6) is -1.62. The van der Waals surface area contributed by atoms with Gasteiger partial charge in [-0.25, -0.2) is 4.39 Å². The number of halogens is 1. The van der Waals surface area contributed by atoms with Gasteiger partial charge in [-0.05, 0) is 37.5 Å². The van der Waals surface area contributed by atoms with Gasteiger partial charge in [0.2, 0.25) is 5.91 Å². The molecule has 1 aliphatic rings. The highest BCUT2D eigenvalue weighted by Gasteiger charge is 2.28. The lowest BCUT2D eigenvalue weighted by molar-refractivity contribution is -0.123. The van der Waals surface area contributed by atoms with E-state index in [1.807, 2.05) is 0 Å². The largest absolute Gasteiger partial charge is 0.369 e. The summed E-state index contributed by atoms with van der Waals surface area (Å²) < 4.78 is 13.8. The molecule has 0 aromatic heterocycles. The predicted octanol–water partition coefficient (Wildman–Crippen LogP) is 1.47. The van der Waals surface area contributed by atoms with Gasteiger partial charge in [-0.1, -0.05) is 6.07 Å². The summed E-state index contributed by atoms with van der Waals surface area (Å²) in [4.78, 5) is 24.9. The van der Waals surface area contributed by atoms with Crippen LogP contribution in [0.4, 0.5) is 4.39 Å². The van der Waals surface area contributed by atoms with Gasteiger partial charge in [0.05, 0.1) is 11.5 Å². The Balaban J connectivity index is 2.17. The van der Waals surface area contributed by atoms with Gasteiger partial charge in [0.25, 0.3) is 5.91 Å². The van der Waals surface area contributed by atoms with E-state index >= 15 is 0 Å². The molecule has 19 heavy (non-hydrogen) atoms. The molecule has 1 atom stereocenters. The summed E-state index contributed by atoms with van der Waals surface area (Å²) in [7, 11) is 0. The van der Waals surface area contributed by atoms with E-state index in [4.69, 9.17) is 5.73 Å².